The smallest absolute Gasteiger partial charge is 0.290 e. The molecule has 0 aromatic heterocycles. The summed E-state index contributed by atoms with van der Waals surface area (Å²) in [5, 5.41) is -0.280. The zero-order valence-electron chi connectivity index (χ0n) is 26.7. The van der Waals surface area contributed by atoms with Crippen LogP contribution in [0, 0.1) is 0 Å². The second kappa shape index (κ2) is 14.9. The van der Waals surface area contributed by atoms with Crippen molar-refractivity contribution in [3.05, 3.63) is 173 Å². The van der Waals surface area contributed by atoms with Crippen LogP contribution in [0.2, 0.25) is 0 Å². The van der Waals surface area contributed by atoms with Gasteiger partial charge in [0.2, 0.25) is 5.91 Å². The molecule has 0 aliphatic carbocycles. The summed E-state index contributed by atoms with van der Waals surface area (Å²) < 4.78 is 6.14. The minimum atomic E-state index is -1.11. The predicted octanol–water partition coefficient (Wildman–Crippen LogP) is 8.45. The quantitative estimate of drug-likeness (QED) is 0.132. The normalized spacial score (nSPS) is 18.6. The van der Waals surface area contributed by atoms with E-state index in [0.717, 1.165) is 65.2 Å². The van der Waals surface area contributed by atoms with E-state index in [2.05, 4.69) is 35.2 Å². The molecule has 5 nitrogen and oxygen atoms in total. The molecule has 0 spiro atoms. The molecule has 2 unspecified atom stereocenters. The van der Waals surface area contributed by atoms with Gasteiger partial charge in [0.25, 0.3) is 5.24 Å². The van der Waals surface area contributed by atoms with Crippen LogP contribution in [-0.4, -0.2) is 58.2 Å². The lowest BCUT2D eigenvalue weighted by atomic mass is 9.75. The molecular formula is C41H38N2O3S2. The Hall–Kier alpha value is -4.30. The van der Waals surface area contributed by atoms with E-state index >= 15 is 0 Å². The van der Waals surface area contributed by atoms with Gasteiger partial charge in [0.15, 0.2) is 0 Å². The van der Waals surface area contributed by atoms with Crippen molar-refractivity contribution in [2.45, 2.75) is 22.5 Å². The highest BCUT2D eigenvalue weighted by Gasteiger charge is 2.53. The summed E-state index contributed by atoms with van der Waals surface area (Å²) >= 11 is 3.15. The monoisotopic (exact) mass is 670 g/mol. The minimum Gasteiger partial charge on any atom is -0.492 e. The molecule has 2 fully saturated rings. The van der Waals surface area contributed by atoms with E-state index in [9.17, 15) is 9.59 Å². The summed E-state index contributed by atoms with van der Waals surface area (Å²) in [5.41, 5.74) is 3.87. The molecule has 242 valence electrons. The number of rotatable bonds is 11. The molecule has 2 aliphatic rings. The fourth-order valence-electron chi connectivity index (χ4n) is 6.82. The van der Waals surface area contributed by atoms with Crippen molar-refractivity contribution in [3.63, 3.8) is 0 Å². The van der Waals surface area contributed by atoms with Gasteiger partial charge in [-0.25, -0.2) is 0 Å². The highest BCUT2D eigenvalue weighted by molar-refractivity contribution is 8.15. The van der Waals surface area contributed by atoms with Gasteiger partial charge in [0.1, 0.15) is 17.9 Å². The van der Waals surface area contributed by atoms with Gasteiger partial charge in [-0.2, -0.15) is 11.8 Å². The number of carbonyl (C=O) groups is 2. The molecule has 5 aromatic rings. The standard InChI is InChI=1S/C41H38N2O3S2/c44-39-37(29-31-21-23-36(24-22-31)46-27-25-42-26-28-47-38(30-42)32-13-5-1-6-14-32)48-40(45)43(39)41(33-15-7-2-8-16-33,34-17-9-3-10-18-34)35-19-11-4-12-20-35/h1-24,37-38H,25-30H2. The summed E-state index contributed by atoms with van der Waals surface area (Å²) in [6.45, 7) is 3.59. The van der Waals surface area contributed by atoms with E-state index in [0.29, 0.717) is 18.3 Å². The van der Waals surface area contributed by atoms with E-state index in [1.807, 2.05) is 127 Å². The molecule has 2 heterocycles. The van der Waals surface area contributed by atoms with Crippen molar-refractivity contribution in [1.82, 2.24) is 9.80 Å². The molecule has 2 atom stereocenters. The third kappa shape index (κ3) is 6.68. The van der Waals surface area contributed by atoms with Gasteiger partial charge in [-0.05, 0) is 46.4 Å². The van der Waals surface area contributed by atoms with Gasteiger partial charge >= 0.3 is 0 Å². The lowest BCUT2D eigenvalue weighted by Crippen LogP contribution is -2.51. The van der Waals surface area contributed by atoms with Crippen LogP contribution in [0.3, 0.4) is 0 Å². The van der Waals surface area contributed by atoms with Crippen LogP contribution < -0.4 is 4.74 Å². The van der Waals surface area contributed by atoms with Crippen LogP contribution in [0.25, 0.3) is 0 Å². The first-order chi connectivity index (χ1) is 23.6. The van der Waals surface area contributed by atoms with Crippen molar-refractivity contribution < 1.29 is 14.3 Å². The molecule has 5 aromatic carbocycles. The van der Waals surface area contributed by atoms with E-state index in [1.165, 1.54) is 10.5 Å². The SMILES string of the molecule is O=C1SC(Cc2ccc(OCCN3CCSC(c4ccccc4)C3)cc2)C(=O)N1C(c1ccccc1)(c1ccccc1)c1ccccc1. The summed E-state index contributed by atoms with van der Waals surface area (Å²) in [6.07, 6.45) is 0.451. The Morgan fingerprint density at radius 1 is 0.688 bits per heavy atom. The van der Waals surface area contributed by atoms with Crippen molar-refractivity contribution in [2.24, 2.45) is 0 Å². The van der Waals surface area contributed by atoms with Crippen LogP contribution in [-0.2, 0) is 16.8 Å². The number of amides is 2. The number of imide groups is 1. The minimum absolute atomic E-state index is 0.185. The lowest BCUT2D eigenvalue weighted by Gasteiger charge is -2.42. The Balaban J connectivity index is 1.05. The number of thioether (sulfide) groups is 2. The highest BCUT2D eigenvalue weighted by Crippen LogP contribution is 2.48. The zero-order valence-corrected chi connectivity index (χ0v) is 28.3. The topological polar surface area (TPSA) is 49.9 Å². The summed E-state index contributed by atoms with van der Waals surface area (Å²) in [7, 11) is 0. The molecule has 2 aliphatic heterocycles. The van der Waals surface area contributed by atoms with Crippen LogP contribution in [0.4, 0.5) is 4.79 Å². The predicted molar refractivity (Wildman–Crippen MR) is 197 cm³/mol. The second-order valence-corrected chi connectivity index (χ2v) is 14.6. The number of carbonyl (C=O) groups excluding carboxylic acids is 2. The molecule has 7 heteroatoms. The third-order valence-electron chi connectivity index (χ3n) is 9.17. The molecule has 7 rings (SSSR count). The first-order valence-electron chi connectivity index (χ1n) is 16.4. The van der Waals surface area contributed by atoms with E-state index in [4.69, 9.17) is 4.74 Å². The van der Waals surface area contributed by atoms with E-state index in [-0.39, 0.29) is 11.1 Å². The van der Waals surface area contributed by atoms with Gasteiger partial charge in [0, 0.05) is 30.6 Å². The average Bonchev–Trinajstić information content (AvgIpc) is 3.43. The van der Waals surface area contributed by atoms with E-state index in [1.54, 1.807) is 0 Å². The molecule has 48 heavy (non-hydrogen) atoms. The number of benzene rings is 5. The van der Waals surface area contributed by atoms with Gasteiger partial charge in [-0.15, -0.1) is 0 Å². The number of hydrogen-bond acceptors (Lipinski definition) is 6. The van der Waals surface area contributed by atoms with Gasteiger partial charge in [-0.3, -0.25) is 19.4 Å². The molecule has 0 radical (unpaired) electrons. The van der Waals surface area contributed by atoms with Crippen molar-refractivity contribution in [1.29, 1.82) is 0 Å². The molecule has 0 bridgehead atoms. The maximum atomic E-state index is 14.4. The summed E-state index contributed by atoms with van der Waals surface area (Å²) in [5.74, 6) is 1.74. The van der Waals surface area contributed by atoms with Crippen molar-refractivity contribution in [2.75, 3.05) is 32.0 Å². The second-order valence-electron chi connectivity index (χ2n) is 12.1. The Labute approximate surface area is 291 Å². The lowest BCUT2D eigenvalue weighted by molar-refractivity contribution is -0.129. The highest BCUT2D eigenvalue weighted by atomic mass is 32.2. The molecule has 0 N–H and O–H groups in total. The first-order valence-corrected chi connectivity index (χ1v) is 18.4. The summed E-state index contributed by atoms with van der Waals surface area (Å²) in [6, 6.07) is 48.4. The zero-order chi connectivity index (χ0) is 32.8. The van der Waals surface area contributed by atoms with E-state index < -0.39 is 10.8 Å². The number of ether oxygens (including phenoxy) is 1. The maximum absolute atomic E-state index is 14.4. The Morgan fingerprint density at radius 2 is 1.23 bits per heavy atom. The fourth-order valence-corrected chi connectivity index (χ4v) is 9.19. The van der Waals surface area contributed by atoms with Gasteiger partial charge < -0.3 is 4.74 Å². The molecule has 2 saturated heterocycles. The fraction of sp³-hybridized carbons (Fsp3) is 0.220. The van der Waals surface area contributed by atoms with Crippen LogP contribution >= 0.6 is 23.5 Å². The Bertz CT molecular complexity index is 1710. The van der Waals surface area contributed by atoms with Crippen LogP contribution in [0.5, 0.6) is 5.75 Å². The number of hydrogen-bond donors (Lipinski definition) is 0. The largest absolute Gasteiger partial charge is 0.492 e. The van der Waals surface area contributed by atoms with Crippen molar-refractivity contribution >= 4 is 34.7 Å². The van der Waals surface area contributed by atoms with Gasteiger partial charge in [-0.1, -0.05) is 145 Å². The maximum Gasteiger partial charge on any atom is 0.290 e. The molecular weight excluding hydrogens is 633 g/mol. The van der Waals surface area contributed by atoms with Crippen molar-refractivity contribution in [3.8, 4) is 5.75 Å². The molecule has 0 saturated carbocycles. The third-order valence-corrected chi connectivity index (χ3v) is 11.5. The number of nitrogens with zero attached hydrogens (tertiary/aromatic N) is 2. The van der Waals surface area contributed by atoms with Gasteiger partial charge in [0.05, 0.1) is 5.25 Å². The Morgan fingerprint density at radius 3 is 1.79 bits per heavy atom. The average molecular weight is 671 g/mol. The summed E-state index contributed by atoms with van der Waals surface area (Å²) in [4.78, 5) is 32.4. The Kier molecular flexibility index (Phi) is 9.98. The van der Waals surface area contributed by atoms with Crippen LogP contribution in [0.15, 0.2) is 146 Å². The van der Waals surface area contributed by atoms with Crippen LogP contribution in [0.1, 0.15) is 33.1 Å². The molecule has 2 amide bonds. The first kappa shape index (κ1) is 32.3.